The number of hydrogen-bond donors (Lipinski definition) is 1. The van der Waals surface area contributed by atoms with Crippen molar-refractivity contribution < 1.29 is 24.2 Å². The summed E-state index contributed by atoms with van der Waals surface area (Å²) in [5, 5.41) is 11.4. The van der Waals surface area contributed by atoms with Crippen LogP contribution in [0.25, 0.3) is 5.76 Å². The van der Waals surface area contributed by atoms with Crippen LogP contribution >= 0.6 is 0 Å². The van der Waals surface area contributed by atoms with Gasteiger partial charge in [0.1, 0.15) is 17.3 Å². The molecule has 0 spiro atoms. The van der Waals surface area contributed by atoms with E-state index < -0.39 is 17.7 Å². The highest BCUT2D eigenvalue weighted by Crippen LogP contribution is 2.43. The number of carbonyl (C=O) groups is 2. The normalized spacial score (nSPS) is 17.0. The van der Waals surface area contributed by atoms with Crippen LogP contribution in [-0.2, 0) is 9.59 Å². The summed E-state index contributed by atoms with van der Waals surface area (Å²) in [5.74, 6) is -0.251. The van der Waals surface area contributed by atoms with Crippen LogP contribution in [0.3, 0.4) is 0 Å². The van der Waals surface area contributed by atoms with Gasteiger partial charge in [0.15, 0.2) is 0 Å². The molecule has 180 valence electrons. The third-order valence-corrected chi connectivity index (χ3v) is 6.10. The average Bonchev–Trinajstić information content (AvgIpc) is 3.11. The van der Waals surface area contributed by atoms with E-state index in [0.717, 1.165) is 16.7 Å². The fraction of sp³-hybridized carbons (Fsp3) is 0.241. The molecule has 1 amide bonds. The zero-order valence-corrected chi connectivity index (χ0v) is 20.4. The Balaban J connectivity index is 1.89. The van der Waals surface area contributed by atoms with Crippen LogP contribution in [0.2, 0.25) is 0 Å². The summed E-state index contributed by atoms with van der Waals surface area (Å²) in [4.78, 5) is 28.2. The lowest BCUT2D eigenvalue weighted by atomic mass is 9.92. The van der Waals surface area contributed by atoms with Gasteiger partial charge in [0.25, 0.3) is 11.7 Å². The lowest BCUT2D eigenvalue weighted by molar-refractivity contribution is -0.132. The molecule has 1 aliphatic heterocycles. The molecule has 6 heteroatoms. The average molecular weight is 472 g/mol. The molecule has 0 radical (unpaired) electrons. The van der Waals surface area contributed by atoms with Gasteiger partial charge in [-0.2, -0.15) is 0 Å². The zero-order chi connectivity index (χ0) is 25.1. The minimum atomic E-state index is -0.777. The molecule has 0 aliphatic carbocycles. The number of ketones is 1. The second kappa shape index (κ2) is 10.1. The van der Waals surface area contributed by atoms with Gasteiger partial charge in [-0.3, -0.25) is 14.5 Å². The van der Waals surface area contributed by atoms with Gasteiger partial charge in [-0.1, -0.05) is 24.3 Å². The molecule has 4 rings (SSSR count). The van der Waals surface area contributed by atoms with Gasteiger partial charge in [-0.25, -0.2) is 0 Å². The van der Waals surface area contributed by atoms with E-state index in [1.54, 1.807) is 42.5 Å². The van der Waals surface area contributed by atoms with E-state index in [-0.39, 0.29) is 11.3 Å². The minimum absolute atomic E-state index is 0.0572. The monoisotopic (exact) mass is 471 g/mol. The molecular formula is C29H29NO5. The van der Waals surface area contributed by atoms with E-state index in [1.807, 2.05) is 52.0 Å². The van der Waals surface area contributed by atoms with Crippen LogP contribution in [0.15, 0.2) is 72.3 Å². The molecule has 1 aliphatic rings. The lowest BCUT2D eigenvalue weighted by Gasteiger charge is -2.26. The van der Waals surface area contributed by atoms with Crippen LogP contribution in [0.1, 0.15) is 42.1 Å². The number of anilines is 1. The smallest absolute Gasteiger partial charge is 0.300 e. The van der Waals surface area contributed by atoms with Gasteiger partial charge in [0, 0.05) is 11.3 Å². The summed E-state index contributed by atoms with van der Waals surface area (Å²) in [5.41, 5.74) is 3.56. The first kappa shape index (κ1) is 24.1. The Bertz CT molecular complexity index is 1290. The molecule has 3 aromatic carbocycles. The molecule has 35 heavy (non-hydrogen) atoms. The van der Waals surface area contributed by atoms with Crippen molar-refractivity contribution in [1.29, 1.82) is 0 Å². The Labute approximate surface area is 205 Å². The maximum absolute atomic E-state index is 13.4. The van der Waals surface area contributed by atoms with Crippen LogP contribution in [-0.4, -0.2) is 30.0 Å². The van der Waals surface area contributed by atoms with E-state index in [2.05, 4.69) is 0 Å². The summed E-state index contributed by atoms with van der Waals surface area (Å²) in [6.07, 6.45) is 0. The number of aliphatic hydroxyl groups is 1. The van der Waals surface area contributed by atoms with E-state index in [0.29, 0.717) is 36.0 Å². The molecule has 6 nitrogen and oxygen atoms in total. The molecule has 1 unspecified atom stereocenters. The third-order valence-electron chi connectivity index (χ3n) is 6.10. The van der Waals surface area contributed by atoms with Crippen molar-refractivity contribution in [3.63, 3.8) is 0 Å². The van der Waals surface area contributed by atoms with Crippen molar-refractivity contribution in [2.75, 3.05) is 18.1 Å². The number of benzene rings is 3. The van der Waals surface area contributed by atoms with E-state index >= 15 is 0 Å². The van der Waals surface area contributed by atoms with Crippen molar-refractivity contribution in [1.82, 2.24) is 0 Å². The van der Waals surface area contributed by atoms with Crippen molar-refractivity contribution in [2.45, 2.75) is 33.7 Å². The molecular weight excluding hydrogens is 442 g/mol. The first-order valence-corrected chi connectivity index (χ1v) is 11.7. The predicted molar refractivity (Wildman–Crippen MR) is 136 cm³/mol. The Kier molecular flexibility index (Phi) is 6.92. The van der Waals surface area contributed by atoms with E-state index in [1.165, 1.54) is 4.90 Å². The first-order chi connectivity index (χ1) is 16.9. The van der Waals surface area contributed by atoms with Gasteiger partial charge in [0.05, 0.1) is 24.8 Å². The molecule has 0 aromatic heterocycles. The molecule has 1 N–H and O–H groups in total. The van der Waals surface area contributed by atoms with Crippen molar-refractivity contribution in [3.05, 3.63) is 94.6 Å². The Morgan fingerprint density at radius 2 is 1.57 bits per heavy atom. The number of ether oxygens (including phenoxy) is 2. The molecule has 1 fully saturated rings. The van der Waals surface area contributed by atoms with Gasteiger partial charge in [-0.05, 0) is 86.8 Å². The SMILES string of the molecule is CCOc1ccc(N2C(=O)C(=O)/C(=C(/O)c3ccc(OCC)c(C)c3)C2c2ccccc2C)cc1. The highest BCUT2D eigenvalue weighted by molar-refractivity contribution is 6.51. The number of rotatable bonds is 7. The molecule has 0 bridgehead atoms. The molecule has 1 atom stereocenters. The Morgan fingerprint density at radius 1 is 0.886 bits per heavy atom. The van der Waals surface area contributed by atoms with Gasteiger partial charge >= 0.3 is 0 Å². The summed E-state index contributed by atoms with van der Waals surface area (Å²) in [6, 6.07) is 19.1. The maximum atomic E-state index is 13.4. The highest BCUT2D eigenvalue weighted by Gasteiger charge is 2.47. The quantitative estimate of drug-likeness (QED) is 0.271. The summed E-state index contributed by atoms with van der Waals surface area (Å²) < 4.78 is 11.1. The fourth-order valence-corrected chi connectivity index (χ4v) is 4.43. The topological polar surface area (TPSA) is 76.1 Å². The number of Topliss-reactive ketones (excluding diaryl/α,β-unsaturated/α-hetero) is 1. The van der Waals surface area contributed by atoms with E-state index in [9.17, 15) is 14.7 Å². The molecule has 1 heterocycles. The van der Waals surface area contributed by atoms with Gasteiger partial charge in [-0.15, -0.1) is 0 Å². The Hall–Kier alpha value is -4.06. The summed E-state index contributed by atoms with van der Waals surface area (Å²) in [7, 11) is 0. The Morgan fingerprint density at radius 3 is 2.20 bits per heavy atom. The second-order valence-corrected chi connectivity index (χ2v) is 8.37. The first-order valence-electron chi connectivity index (χ1n) is 11.7. The summed E-state index contributed by atoms with van der Waals surface area (Å²) >= 11 is 0. The molecule has 3 aromatic rings. The molecule has 1 saturated heterocycles. The largest absolute Gasteiger partial charge is 0.507 e. The summed E-state index contributed by atoms with van der Waals surface area (Å²) in [6.45, 7) is 8.64. The standard InChI is InChI=1S/C29H29NO5/c1-5-34-22-14-12-21(13-15-22)30-26(23-10-8-7-9-18(23)3)25(28(32)29(30)33)27(31)20-11-16-24(35-6-2)19(4)17-20/h7-17,26,31H,5-6H2,1-4H3/b27-25+. The third kappa shape index (κ3) is 4.52. The molecule has 0 saturated carbocycles. The highest BCUT2D eigenvalue weighted by atomic mass is 16.5. The number of carbonyl (C=O) groups excluding carboxylic acids is 2. The van der Waals surface area contributed by atoms with Crippen LogP contribution in [0.4, 0.5) is 5.69 Å². The van der Waals surface area contributed by atoms with E-state index in [4.69, 9.17) is 9.47 Å². The van der Waals surface area contributed by atoms with Crippen LogP contribution < -0.4 is 14.4 Å². The number of aliphatic hydroxyl groups excluding tert-OH is 1. The van der Waals surface area contributed by atoms with Crippen LogP contribution in [0, 0.1) is 13.8 Å². The lowest BCUT2D eigenvalue weighted by Crippen LogP contribution is -2.29. The van der Waals surface area contributed by atoms with Crippen LogP contribution in [0.5, 0.6) is 11.5 Å². The van der Waals surface area contributed by atoms with Crippen molar-refractivity contribution in [2.24, 2.45) is 0 Å². The number of aryl methyl sites for hydroxylation is 2. The van der Waals surface area contributed by atoms with Crippen molar-refractivity contribution >= 4 is 23.1 Å². The minimum Gasteiger partial charge on any atom is -0.507 e. The van der Waals surface area contributed by atoms with Gasteiger partial charge in [0.2, 0.25) is 0 Å². The maximum Gasteiger partial charge on any atom is 0.300 e. The van der Waals surface area contributed by atoms with Crippen molar-refractivity contribution in [3.8, 4) is 11.5 Å². The number of amides is 1. The zero-order valence-electron chi connectivity index (χ0n) is 20.4. The fourth-order valence-electron chi connectivity index (χ4n) is 4.43. The number of hydrogen-bond acceptors (Lipinski definition) is 5. The predicted octanol–water partition coefficient (Wildman–Crippen LogP) is 5.73. The number of nitrogens with zero attached hydrogens (tertiary/aromatic N) is 1. The second-order valence-electron chi connectivity index (χ2n) is 8.37. The van der Waals surface area contributed by atoms with Gasteiger partial charge < -0.3 is 14.6 Å².